The molecule has 0 aliphatic carbocycles. The van der Waals surface area contributed by atoms with Crippen LogP contribution in [0.15, 0.2) is 60.7 Å². The number of β-lactam (4-membered cyclic amide) rings is 1. The number of hydrogen-bond donors (Lipinski definition) is 1. The van der Waals surface area contributed by atoms with E-state index in [4.69, 9.17) is 14.2 Å². The molecule has 204 valence electrons. The zero-order valence-corrected chi connectivity index (χ0v) is 22.1. The van der Waals surface area contributed by atoms with Crippen LogP contribution >= 0.6 is 0 Å². The van der Waals surface area contributed by atoms with Gasteiger partial charge in [-0.1, -0.05) is 48.5 Å². The molecule has 2 amide bonds. The third-order valence-electron chi connectivity index (χ3n) is 5.47. The first-order valence-electron chi connectivity index (χ1n) is 11.7. The number of nitrogens with one attached hydrogen (secondary N) is 1. The molecule has 0 radical (unpaired) electrons. The van der Waals surface area contributed by atoms with Gasteiger partial charge in [0.2, 0.25) is 12.7 Å². The Balaban J connectivity index is 1.68. The predicted molar refractivity (Wildman–Crippen MR) is 135 cm³/mol. The van der Waals surface area contributed by atoms with Gasteiger partial charge < -0.3 is 24.4 Å². The molecule has 1 saturated heterocycles. The summed E-state index contributed by atoms with van der Waals surface area (Å²) in [4.78, 5) is 50.3. The van der Waals surface area contributed by atoms with Crippen molar-refractivity contribution in [3.05, 3.63) is 66.2 Å². The van der Waals surface area contributed by atoms with Crippen molar-refractivity contribution < 1.29 is 41.8 Å². The van der Waals surface area contributed by atoms with E-state index in [2.05, 4.69) is 5.32 Å². The largest absolute Gasteiger partial charge is 0.484 e. The third kappa shape index (κ3) is 7.54. The van der Waals surface area contributed by atoms with Gasteiger partial charge in [0.05, 0.1) is 11.2 Å². The van der Waals surface area contributed by atoms with Crippen LogP contribution in [0.1, 0.15) is 26.3 Å². The fourth-order valence-corrected chi connectivity index (χ4v) is 5.54. The Hall–Kier alpha value is -3.93. The normalized spacial score (nSPS) is 17.2. The molecule has 0 bridgehead atoms. The van der Waals surface area contributed by atoms with Gasteiger partial charge in [0.25, 0.3) is 5.91 Å². The number of hydrogen-bond acceptors (Lipinski definition) is 9. The van der Waals surface area contributed by atoms with Crippen molar-refractivity contribution in [2.75, 3.05) is 19.9 Å². The maximum atomic E-state index is 13.3. The molecule has 1 fully saturated rings. The maximum absolute atomic E-state index is 13.3. The summed E-state index contributed by atoms with van der Waals surface area (Å²) >= 11 is 0. The minimum Gasteiger partial charge on any atom is -0.484 e. The number of esters is 2. The number of carbonyl (C=O) groups excluding carboxylic acids is 4. The van der Waals surface area contributed by atoms with E-state index in [-0.39, 0.29) is 0 Å². The highest BCUT2D eigenvalue weighted by molar-refractivity contribution is 7.91. The number of carbonyl (C=O) groups is 4. The highest BCUT2D eigenvalue weighted by Crippen LogP contribution is 2.28. The molecule has 3 rings (SSSR count). The summed E-state index contributed by atoms with van der Waals surface area (Å²) in [6, 6.07) is 15.4. The van der Waals surface area contributed by atoms with Crippen LogP contribution in [0.3, 0.4) is 0 Å². The lowest BCUT2D eigenvalue weighted by Crippen LogP contribution is -2.74. The van der Waals surface area contributed by atoms with Crippen LogP contribution in [0.25, 0.3) is 0 Å². The highest BCUT2D eigenvalue weighted by atomic mass is 32.2. The van der Waals surface area contributed by atoms with E-state index >= 15 is 0 Å². The molecule has 2 aromatic carbocycles. The summed E-state index contributed by atoms with van der Waals surface area (Å²) in [5, 5.41) is 0.887. The molecular formula is C26H30N2O9S. The summed E-state index contributed by atoms with van der Waals surface area (Å²) in [6.07, 6.45) is 0. The van der Waals surface area contributed by atoms with Gasteiger partial charge in [-0.3, -0.25) is 19.2 Å². The van der Waals surface area contributed by atoms with E-state index in [0.717, 1.165) is 4.90 Å². The van der Waals surface area contributed by atoms with Crippen LogP contribution in [0.2, 0.25) is 0 Å². The average Bonchev–Trinajstić information content (AvgIpc) is 2.86. The molecule has 2 aromatic rings. The Morgan fingerprint density at radius 2 is 1.55 bits per heavy atom. The monoisotopic (exact) mass is 546 g/mol. The van der Waals surface area contributed by atoms with Crippen LogP contribution in [0, 0.1) is 5.41 Å². The Kier molecular flexibility index (Phi) is 9.10. The van der Waals surface area contributed by atoms with Crippen LogP contribution < -0.4 is 10.1 Å². The third-order valence-corrected chi connectivity index (χ3v) is 7.47. The van der Waals surface area contributed by atoms with Crippen LogP contribution in [0.5, 0.6) is 5.75 Å². The number of likely N-dealkylation sites (tertiary alicyclic amines) is 1. The second kappa shape index (κ2) is 12.1. The minimum absolute atomic E-state index is 0.423. The van der Waals surface area contributed by atoms with E-state index in [1.807, 2.05) is 0 Å². The lowest BCUT2D eigenvalue weighted by atomic mass is 9.98. The van der Waals surface area contributed by atoms with Gasteiger partial charge in [0.15, 0.2) is 21.8 Å². The number of para-hydroxylation sites is 1. The first kappa shape index (κ1) is 28.6. The Labute approximate surface area is 221 Å². The smallest absolute Gasteiger partial charge is 0.328 e. The van der Waals surface area contributed by atoms with Crippen molar-refractivity contribution in [1.29, 1.82) is 0 Å². The van der Waals surface area contributed by atoms with Crippen molar-refractivity contribution in [2.24, 2.45) is 5.41 Å². The highest BCUT2D eigenvalue weighted by Gasteiger charge is 2.55. The van der Waals surface area contributed by atoms with Crippen molar-refractivity contribution in [3.63, 3.8) is 0 Å². The molecule has 1 aliphatic rings. The second-order valence-electron chi connectivity index (χ2n) is 9.61. The van der Waals surface area contributed by atoms with Crippen molar-refractivity contribution in [2.45, 2.75) is 37.9 Å². The lowest BCUT2D eigenvalue weighted by Gasteiger charge is -2.45. The topological polar surface area (TPSA) is 145 Å². The van der Waals surface area contributed by atoms with E-state index in [0.29, 0.717) is 11.3 Å². The van der Waals surface area contributed by atoms with Gasteiger partial charge in [-0.05, 0) is 38.5 Å². The number of sulfone groups is 1. The lowest BCUT2D eigenvalue weighted by molar-refractivity contribution is -0.176. The zero-order chi connectivity index (χ0) is 27.9. The van der Waals surface area contributed by atoms with E-state index < -0.39 is 76.1 Å². The average molecular weight is 547 g/mol. The standard InChI is InChI=1S/C26H30N2O9S/c1-26(2,3)25(32)37-17-36-21(30)14-28-23(31)22(27-20(29)15-35-19-12-8-5-9-13-19)24(28)38(33,34)16-18-10-6-4-7-11-18/h4-13,22,24H,14-17H2,1-3H3,(H,27,29)/t22-,24-/m1/s1. The maximum Gasteiger partial charge on any atom is 0.328 e. The molecule has 0 spiro atoms. The van der Waals surface area contributed by atoms with Gasteiger partial charge in [-0.15, -0.1) is 0 Å². The minimum atomic E-state index is -4.06. The summed E-state index contributed by atoms with van der Waals surface area (Å²) in [6.45, 7) is 3.03. The molecule has 12 heteroatoms. The summed E-state index contributed by atoms with van der Waals surface area (Å²) in [7, 11) is -4.06. The van der Waals surface area contributed by atoms with E-state index in [1.165, 1.54) is 0 Å². The van der Waals surface area contributed by atoms with Crippen molar-refractivity contribution in [1.82, 2.24) is 10.2 Å². The summed E-state index contributed by atoms with van der Waals surface area (Å²) in [5.41, 5.74) is -0.340. The van der Waals surface area contributed by atoms with E-state index in [1.54, 1.807) is 81.4 Å². The number of amides is 2. The molecule has 0 unspecified atom stereocenters. The van der Waals surface area contributed by atoms with Crippen molar-refractivity contribution in [3.8, 4) is 5.75 Å². The predicted octanol–water partition coefficient (Wildman–Crippen LogP) is 1.42. The second-order valence-corrected chi connectivity index (χ2v) is 11.7. The molecule has 1 aliphatic heterocycles. The molecule has 11 nitrogen and oxygen atoms in total. The van der Waals surface area contributed by atoms with Gasteiger partial charge >= 0.3 is 11.9 Å². The Bertz CT molecular complexity index is 1260. The number of nitrogens with zero attached hydrogens (tertiary/aromatic N) is 1. The molecule has 1 N–H and O–H groups in total. The van der Waals surface area contributed by atoms with Gasteiger partial charge in [0.1, 0.15) is 18.3 Å². The first-order valence-corrected chi connectivity index (χ1v) is 13.5. The Morgan fingerprint density at radius 3 is 2.16 bits per heavy atom. The quantitative estimate of drug-likeness (QED) is 0.251. The molecule has 2 atom stereocenters. The molecule has 0 aromatic heterocycles. The molecular weight excluding hydrogens is 516 g/mol. The molecule has 1 heterocycles. The van der Waals surface area contributed by atoms with Gasteiger partial charge in [-0.25, -0.2) is 8.42 Å². The SMILES string of the molecule is CC(C)(C)C(=O)OCOC(=O)CN1C(=O)[C@@H](NC(=O)COc2ccccc2)[C@H]1S(=O)(=O)Cc1ccccc1. The zero-order valence-electron chi connectivity index (χ0n) is 21.3. The van der Waals surface area contributed by atoms with E-state index in [9.17, 15) is 27.6 Å². The molecule has 38 heavy (non-hydrogen) atoms. The van der Waals surface area contributed by atoms with Crippen LogP contribution in [0.4, 0.5) is 0 Å². The number of ether oxygens (including phenoxy) is 3. The van der Waals surface area contributed by atoms with Crippen LogP contribution in [-0.2, 0) is 44.2 Å². The fourth-order valence-electron chi connectivity index (χ4n) is 3.55. The van der Waals surface area contributed by atoms with Gasteiger partial charge in [0, 0.05) is 0 Å². The summed E-state index contributed by atoms with van der Waals surface area (Å²) < 4.78 is 41.7. The number of benzene rings is 2. The number of rotatable bonds is 11. The van der Waals surface area contributed by atoms with Crippen molar-refractivity contribution >= 4 is 33.6 Å². The Morgan fingerprint density at radius 1 is 0.947 bits per heavy atom. The fraction of sp³-hybridized carbons (Fsp3) is 0.385. The molecule has 0 saturated carbocycles. The summed E-state index contributed by atoms with van der Waals surface area (Å²) in [5.74, 6) is -3.06. The first-order chi connectivity index (χ1) is 17.9. The van der Waals surface area contributed by atoms with Crippen LogP contribution in [-0.4, -0.2) is 68.4 Å². The van der Waals surface area contributed by atoms with Gasteiger partial charge in [-0.2, -0.15) is 0 Å².